The van der Waals surface area contributed by atoms with Crippen LogP contribution in [-0.2, 0) is 11.2 Å². The number of rotatable bonds is 2. The molecule has 0 unspecified atom stereocenters. The molecule has 20 heavy (non-hydrogen) atoms. The summed E-state index contributed by atoms with van der Waals surface area (Å²) in [6.45, 7) is 3.12. The third-order valence-corrected chi connectivity index (χ3v) is 2.96. The summed E-state index contributed by atoms with van der Waals surface area (Å²) < 4.78 is 36.7. The van der Waals surface area contributed by atoms with Crippen LogP contribution in [0.2, 0.25) is 0 Å². The highest BCUT2D eigenvalue weighted by atomic mass is 19.4. The molecule has 1 aromatic carbocycles. The Morgan fingerprint density at radius 3 is 2.10 bits per heavy atom. The van der Waals surface area contributed by atoms with Crippen molar-refractivity contribution in [3.63, 3.8) is 0 Å². The molecule has 1 saturated heterocycles. The van der Waals surface area contributed by atoms with Crippen molar-refractivity contribution in [3.05, 3.63) is 29.8 Å². The van der Waals surface area contributed by atoms with Gasteiger partial charge < -0.3 is 5.32 Å². The zero-order valence-electron chi connectivity index (χ0n) is 10.9. The Bertz CT molecular complexity index is 550. The van der Waals surface area contributed by atoms with Gasteiger partial charge in [0, 0.05) is 0 Å². The first-order valence-electron chi connectivity index (χ1n) is 5.92. The summed E-state index contributed by atoms with van der Waals surface area (Å²) in [5.74, 6) is -0.439. The third kappa shape index (κ3) is 2.76. The van der Waals surface area contributed by atoms with Gasteiger partial charge in [0.1, 0.15) is 5.54 Å². The number of halogens is 3. The number of imide groups is 1. The maximum atomic E-state index is 12.2. The predicted molar refractivity (Wildman–Crippen MR) is 66.3 cm³/mol. The van der Waals surface area contributed by atoms with E-state index in [2.05, 4.69) is 5.32 Å². The van der Waals surface area contributed by atoms with Crippen molar-refractivity contribution in [1.82, 2.24) is 5.32 Å². The maximum Gasteiger partial charge on any atom is 0.393 e. The number of carbonyl (C=O) groups excluding carboxylic acids is 2. The second kappa shape index (κ2) is 4.50. The average Bonchev–Trinajstić information content (AvgIpc) is 2.48. The van der Waals surface area contributed by atoms with E-state index in [1.165, 1.54) is 24.3 Å². The fourth-order valence-corrected chi connectivity index (χ4v) is 1.98. The minimum Gasteiger partial charge on any atom is -0.323 e. The molecule has 0 bridgehead atoms. The molecule has 1 heterocycles. The van der Waals surface area contributed by atoms with Crippen molar-refractivity contribution < 1.29 is 22.8 Å². The number of anilines is 1. The van der Waals surface area contributed by atoms with Crippen LogP contribution in [-0.4, -0.2) is 23.7 Å². The fraction of sp³-hybridized carbons (Fsp3) is 0.385. The molecule has 1 aliphatic rings. The molecule has 1 N–H and O–H groups in total. The van der Waals surface area contributed by atoms with Crippen molar-refractivity contribution in [2.45, 2.75) is 32.0 Å². The molecule has 4 nitrogen and oxygen atoms in total. The molecular weight excluding hydrogens is 273 g/mol. The van der Waals surface area contributed by atoms with E-state index in [0.29, 0.717) is 0 Å². The lowest BCUT2D eigenvalue weighted by Gasteiger charge is -2.16. The fourth-order valence-electron chi connectivity index (χ4n) is 1.98. The molecular formula is C13H13F3N2O2. The number of hydrogen-bond acceptors (Lipinski definition) is 2. The molecule has 2 rings (SSSR count). The van der Waals surface area contributed by atoms with Crippen LogP contribution in [0.15, 0.2) is 24.3 Å². The maximum absolute atomic E-state index is 12.2. The van der Waals surface area contributed by atoms with Gasteiger partial charge in [-0.1, -0.05) is 12.1 Å². The van der Waals surface area contributed by atoms with Crippen LogP contribution in [0.5, 0.6) is 0 Å². The van der Waals surface area contributed by atoms with E-state index in [-0.39, 0.29) is 11.3 Å². The highest BCUT2D eigenvalue weighted by Gasteiger charge is 2.45. The Hall–Kier alpha value is -2.05. The van der Waals surface area contributed by atoms with Gasteiger partial charge in [-0.2, -0.15) is 13.2 Å². The summed E-state index contributed by atoms with van der Waals surface area (Å²) in [7, 11) is 0. The lowest BCUT2D eigenvalue weighted by molar-refractivity contribution is -0.127. The molecule has 0 saturated carbocycles. The molecule has 108 valence electrons. The highest BCUT2D eigenvalue weighted by Crippen LogP contribution is 2.26. The Labute approximate surface area is 113 Å². The number of carbonyl (C=O) groups is 2. The minimum atomic E-state index is -4.29. The summed E-state index contributed by atoms with van der Waals surface area (Å²) in [6, 6.07) is 4.60. The number of amides is 3. The van der Waals surface area contributed by atoms with Gasteiger partial charge in [-0.05, 0) is 31.5 Å². The summed E-state index contributed by atoms with van der Waals surface area (Å²) in [4.78, 5) is 24.7. The first-order chi connectivity index (χ1) is 9.10. The zero-order valence-corrected chi connectivity index (χ0v) is 10.9. The second-order valence-corrected chi connectivity index (χ2v) is 5.15. The summed E-state index contributed by atoms with van der Waals surface area (Å²) in [5, 5.41) is 2.50. The van der Waals surface area contributed by atoms with Crippen LogP contribution < -0.4 is 10.2 Å². The van der Waals surface area contributed by atoms with Crippen LogP contribution in [0, 0.1) is 0 Å². The summed E-state index contributed by atoms with van der Waals surface area (Å²) >= 11 is 0. The van der Waals surface area contributed by atoms with E-state index in [1.54, 1.807) is 13.8 Å². The molecule has 0 radical (unpaired) electrons. The Morgan fingerprint density at radius 2 is 1.70 bits per heavy atom. The highest BCUT2D eigenvalue weighted by molar-refractivity contribution is 6.22. The molecule has 7 heteroatoms. The van der Waals surface area contributed by atoms with Crippen molar-refractivity contribution in [2.75, 3.05) is 4.90 Å². The molecule has 1 fully saturated rings. The average molecular weight is 286 g/mol. The molecule has 0 aromatic heterocycles. The van der Waals surface area contributed by atoms with E-state index in [0.717, 1.165) is 4.90 Å². The van der Waals surface area contributed by atoms with Gasteiger partial charge in [0.05, 0.1) is 12.1 Å². The quantitative estimate of drug-likeness (QED) is 0.850. The molecule has 0 aliphatic carbocycles. The number of alkyl halides is 3. The van der Waals surface area contributed by atoms with Crippen LogP contribution in [0.1, 0.15) is 19.4 Å². The second-order valence-electron chi connectivity index (χ2n) is 5.15. The first kappa shape index (κ1) is 14.4. The molecule has 0 atom stereocenters. The van der Waals surface area contributed by atoms with Gasteiger partial charge in [-0.15, -0.1) is 0 Å². The summed E-state index contributed by atoms with van der Waals surface area (Å²) in [6.07, 6.45) is -5.33. The smallest absolute Gasteiger partial charge is 0.323 e. The number of benzene rings is 1. The lowest BCUT2D eigenvalue weighted by atomic mass is 10.1. The van der Waals surface area contributed by atoms with Crippen molar-refractivity contribution in [2.24, 2.45) is 0 Å². The van der Waals surface area contributed by atoms with Crippen LogP contribution >= 0.6 is 0 Å². The predicted octanol–water partition coefficient (Wildman–Crippen LogP) is 2.63. The number of hydrogen-bond donors (Lipinski definition) is 1. The van der Waals surface area contributed by atoms with Crippen molar-refractivity contribution in [3.8, 4) is 0 Å². The van der Waals surface area contributed by atoms with Gasteiger partial charge in [0.15, 0.2) is 0 Å². The van der Waals surface area contributed by atoms with E-state index in [9.17, 15) is 22.8 Å². The van der Waals surface area contributed by atoms with Crippen LogP contribution in [0.4, 0.5) is 23.7 Å². The Morgan fingerprint density at radius 1 is 1.15 bits per heavy atom. The van der Waals surface area contributed by atoms with Crippen LogP contribution in [0.3, 0.4) is 0 Å². The summed E-state index contributed by atoms with van der Waals surface area (Å²) in [5.41, 5.74) is -0.682. The van der Waals surface area contributed by atoms with Crippen molar-refractivity contribution in [1.29, 1.82) is 0 Å². The Kier molecular flexibility index (Phi) is 3.23. The van der Waals surface area contributed by atoms with Gasteiger partial charge in [0.25, 0.3) is 5.91 Å². The minimum absolute atomic E-state index is 0.0764. The van der Waals surface area contributed by atoms with E-state index in [4.69, 9.17) is 0 Å². The SMILES string of the molecule is CC1(C)NC(=O)N(c2ccc(CC(F)(F)F)cc2)C1=O. The standard InChI is InChI=1S/C13H13F3N2O2/c1-12(2)10(19)18(11(20)17-12)9-5-3-8(4-6-9)7-13(14,15)16/h3-6H,7H2,1-2H3,(H,17,20). The van der Waals surface area contributed by atoms with Gasteiger partial charge in [-0.25, -0.2) is 9.69 Å². The van der Waals surface area contributed by atoms with Gasteiger partial charge in [0.2, 0.25) is 0 Å². The molecule has 0 spiro atoms. The largest absolute Gasteiger partial charge is 0.393 e. The third-order valence-electron chi connectivity index (χ3n) is 2.96. The van der Waals surface area contributed by atoms with Gasteiger partial charge >= 0.3 is 12.2 Å². The number of nitrogens with zero attached hydrogens (tertiary/aromatic N) is 1. The number of urea groups is 1. The van der Waals surface area contributed by atoms with E-state index >= 15 is 0 Å². The lowest BCUT2D eigenvalue weighted by Crippen LogP contribution is -2.40. The molecule has 1 aliphatic heterocycles. The van der Waals surface area contributed by atoms with E-state index < -0.39 is 30.1 Å². The normalized spacial score (nSPS) is 18.4. The van der Waals surface area contributed by atoms with E-state index in [1.807, 2.05) is 0 Å². The number of nitrogens with one attached hydrogen (secondary N) is 1. The molecule has 3 amide bonds. The first-order valence-corrected chi connectivity index (χ1v) is 5.92. The zero-order chi connectivity index (χ0) is 15.1. The van der Waals surface area contributed by atoms with Crippen LogP contribution in [0.25, 0.3) is 0 Å². The Balaban J connectivity index is 2.23. The van der Waals surface area contributed by atoms with Crippen molar-refractivity contribution >= 4 is 17.6 Å². The monoisotopic (exact) mass is 286 g/mol. The topological polar surface area (TPSA) is 49.4 Å². The molecule has 1 aromatic rings. The van der Waals surface area contributed by atoms with Gasteiger partial charge in [-0.3, -0.25) is 4.79 Å².